The zero-order chi connectivity index (χ0) is 14.7. The second-order valence-corrected chi connectivity index (χ2v) is 5.03. The zero-order valence-electron chi connectivity index (χ0n) is 11.8. The van der Waals surface area contributed by atoms with Crippen molar-refractivity contribution >= 4 is 11.6 Å². The van der Waals surface area contributed by atoms with Gasteiger partial charge in [0.15, 0.2) is 0 Å². The van der Waals surface area contributed by atoms with Crippen molar-refractivity contribution in [3.8, 4) is 0 Å². The standard InChI is InChI=1S/C14H19N3O3/c1-3-4-7-16-13(18)9-15-14(16)11-6-5-10(2)12(8-11)17(19)20/h5-6,8,14-15H,3-4,7,9H2,1-2H3. The van der Waals surface area contributed by atoms with E-state index in [4.69, 9.17) is 0 Å². The van der Waals surface area contributed by atoms with E-state index in [9.17, 15) is 14.9 Å². The maximum absolute atomic E-state index is 11.9. The average Bonchev–Trinajstić information content (AvgIpc) is 2.78. The third-order valence-corrected chi connectivity index (χ3v) is 3.58. The molecule has 1 aromatic carbocycles. The summed E-state index contributed by atoms with van der Waals surface area (Å²) in [7, 11) is 0. The first-order chi connectivity index (χ1) is 9.54. The fourth-order valence-corrected chi connectivity index (χ4v) is 2.41. The van der Waals surface area contributed by atoms with Crippen molar-refractivity contribution in [1.82, 2.24) is 10.2 Å². The molecule has 1 saturated heterocycles. The number of nitro groups is 1. The van der Waals surface area contributed by atoms with Crippen molar-refractivity contribution < 1.29 is 9.72 Å². The van der Waals surface area contributed by atoms with Gasteiger partial charge < -0.3 is 4.90 Å². The molecule has 20 heavy (non-hydrogen) atoms. The van der Waals surface area contributed by atoms with E-state index in [1.54, 1.807) is 24.0 Å². The molecular formula is C14H19N3O3. The van der Waals surface area contributed by atoms with Gasteiger partial charge in [-0.3, -0.25) is 20.2 Å². The fourth-order valence-electron chi connectivity index (χ4n) is 2.41. The quantitative estimate of drug-likeness (QED) is 0.661. The Morgan fingerprint density at radius 3 is 2.90 bits per heavy atom. The summed E-state index contributed by atoms with van der Waals surface area (Å²) in [6.45, 7) is 4.74. The van der Waals surface area contributed by atoms with E-state index in [1.807, 2.05) is 6.07 Å². The minimum atomic E-state index is -0.383. The molecule has 1 heterocycles. The number of nitrogens with zero attached hydrogens (tertiary/aromatic N) is 2. The number of benzene rings is 1. The number of amides is 1. The third kappa shape index (κ3) is 2.80. The molecule has 1 fully saturated rings. The Hall–Kier alpha value is -1.95. The van der Waals surface area contributed by atoms with Crippen LogP contribution < -0.4 is 5.32 Å². The molecule has 1 unspecified atom stereocenters. The number of rotatable bonds is 5. The first kappa shape index (κ1) is 14.5. The van der Waals surface area contributed by atoms with Gasteiger partial charge in [-0.1, -0.05) is 25.5 Å². The normalized spacial score (nSPS) is 18.6. The fraction of sp³-hybridized carbons (Fsp3) is 0.500. The molecule has 6 heteroatoms. The van der Waals surface area contributed by atoms with Gasteiger partial charge in [-0.15, -0.1) is 0 Å². The topological polar surface area (TPSA) is 75.5 Å². The average molecular weight is 277 g/mol. The van der Waals surface area contributed by atoms with Crippen LogP contribution in [0.5, 0.6) is 0 Å². The van der Waals surface area contributed by atoms with Gasteiger partial charge in [-0.25, -0.2) is 0 Å². The van der Waals surface area contributed by atoms with Gasteiger partial charge in [0.05, 0.1) is 11.5 Å². The lowest BCUT2D eigenvalue weighted by Crippen LogP contribution is -2.31. The Bertz CT molecular complexity index is 530. The molecule has 108 valence electrons. The van der Waals surface area contributed by atoms with E-state index in [0.717, 1.165) is 18.4 Å². The summed E-state index contributed by atoms with van der Waals surface area (Å²) in [5.41, 5.74) is 1.49. The van der Waals surface area contributed by atoms with Gasteiger partial charge in [-0.2, -0.15) is 0 Å². The third-order valence-electron chi connectivity index (χ3n) is 3.58. The number of aryl methyl sites for hydroxylation is 1. The summed E-state index contributed by atoms with van der Waals surface area (Å²) < 4.78 is 0. The summed E-state index contributed by atoms with van der Waals surface area (Å²) in [4.78, 5) is 24.3. The van der Waals surface area contributed by atoms with E-state index < -0.39 is 0 Å². The van der Waals surface area contributed by atoms with Crippen molar-refractivity contribution in [3.05, 3.63) is 39.4 Å². The van der Waals surface area contributed by atoms with E-state index in [2.05, 4.69) is 12.2 Å². The maximum Gasteiger partial charge on any atom is 0.272 e. The van der Waals surface area contributed by atoms with Crippen LogP contribution in [-0.4, -0.2) is 28.8 Å². The highest BCUT2D eigenvalue weighted by Crippen LogP contribution is 2.27. The maximum atomic E-state index is 11.9. The molecular weight excluding hydrogens is 258 g/mol. The lowest BCUT2D eigenvalue weighted by atomic mass is 10.1. The summed E-state index contributed by atoms with van der Waals surface area (Å²) in [5, 5.41) is 14.1. The Labute approximate surface area is 117 Å². The van der Waals surface area contributed by atoms with E-state index >= 15 is 0 Å². The van der Waals surface area contributed by atoms with Gasteiger partial charge in [0.25, 0.3) is 5.69 Å². The summed E-state index contributed by atoms with van der Waals surface area (Å²) in [6, 6.07) is 5.14. The molecule has 1 amide bonds. The first-order valence-electron chi connectivity index (χ1n) is 6.82. The molecule has 1 aliphatic heterocycles. The Morgan fingerprint density at radius 2 is 2.25 bits per heavy atom. The summed E-state index contributed by atoms with van der Waals surface area (Å²) in [5.74, 6) is 0.0479. The molecule has 0 radical (unpaired) electrons. The Kier molecular flexibility index (Phi) is 4.34. The van der Waals surface area contributed by atoms with Crippen molar-refractivity contribution in [1.29, 1.82) is 0 Å². The van der Waals surface area contributed by atoms with Crippen LogP contribution in [0, 0.1) is 17.0 Å². The van der Waals surface area contributed by atoms with Crippen molar-refractivity contribution in [2.24, 2.45) is 0 Å². The van der Waals surface area contributed by atoms with Crippen LogP contribution in [0.4, 0.5) is 5.69 Å². The van der Waals surface area contributed by atoms with Gasteiger partial charge in [-0.05, 0) is 18.9 Å². The SMILES string of the molecule is CCCCN1C(=O)CNC1c1ccc(C)c([N+](=O)[O-])c1. The predicted octanol–water partition coefficient (Wildman–Crippen LogP) is 2.13. The molecule has 0 spiro atoms. The molecule has 1 atom stereocenters. The van der Waals surface area contributed by atoms with E-state index in [1.165, 1.54) is 0 Å². The highest BCUT2D eigenvalue weighted by Gasteiger charge is 2.31. The molecule has 2 rings (SSSR count). The number of carbonyl (C=O) groups excluding carboxylic acids is 1. The van der Waals surface area contributed by atoms with Crippen LogP contribution in [-0.2, 0) is 4.79 Å². The second kappa shape index (κ2) is 6.00. The molecule has 1 N–H and O–H groups in total. The van der Waals surface area contributed by atoms with Gasteiger partial charge in [0.1, 0.15) is 6.17 Å². The zero-order valence-corrected chi connectivity index (χ0v) is 11.8. The van der Waals surface area contributed by atoms with E-state index in [-0.39, 0.29) is 29.2 Å². The van der Waals surface area contributed by atoms with E-state index in [0.29, 0.717) is 12.1 Å². The number of hydrogen-bond donors (Lipinski definition) is 1. The molecule has 0 saturated carbocycles. The van der Waals surface area contributed by atoms with Crippen molar-refractivity contribution in [2.45, 2.75) is 32.9 Å². The molecule has 0 bridgehead atoms. The van der Waals surface area contributed by atoms with Crippen molar-refractivity contribution in [3.63, 3.8) is 0 Å². The van der Waals surface area contributed by atoms with Crippen LogP contribution in [0.1, 0.15) is 37.1 Å². The summed E-state index contributed by atoms with van der Waals surface area (Å²) in [6.07, 6.45) is 1.68. The van der Waals surface area contributed by atoms with Crippen LogP contribution >= 0.6 is 0 Å². The molecule has 1 aromatic rings. The van der Waals surface area contributed by atoms with Crippen LogP contribution in [0.3, 0.4) is 0 Å². The molecule has 1 aliphatic rings. The van der Waals surface area contributed by atoms with Crippen LogP contribution in [0.25, 0.3) is 0 Å². The second-order valence-electron chi connectivity index (χ2n) is 5.03. The first-order valence-corrected chi connectivity index (χ1v) is 6.82. The monoisotopic (exact) mass is 277 g/mol. The highest BCUT2D eigenvalue weighted by molar-refractivity contribution is 5.81. The highest BCUT2D eigenvalue weighted by atomic mass is 16.6. The summed E-state index contributed by atoms with van der Waals surface area (Å²) >= 11 is 0. The number of nitro benzene ring substituents is 1. The van der Waals surface area contributed by atoms with Crippen LogP contribution in [0.15, 0.2) is 18.2 Å². The Balaban J connectivity index is 2.28. The lowest BCUT2D eigenvalue weighted by Gasteiger charge is -2.24. The lowest BCUT2D eigenvalue weighted by molar-refractivity contribution is -0.385. The smallest absolute Gasteiger partial charge is 0.272 e. The van der Waals surface area contributed by atoms with Gasteiger partial charge in [0, 0.05) is 18.2 Å². The largest absolute Gasteiger partial charge is 0.322 e. The Morgan fingerprint density at radius 1 is 1.50 bits per heavy atom. The van der Waals surface area contributed by atoms with Gasteiger partial charge in [0.2, 0.25) is 5.91 Å². The number of unbranched alkanes of at least 4 members (excludes halogenated alkanes) is 1. The predicted molar refractivity (Wildman–Crippen MR) is 75.2 cm³/mol. The minimum absolute atomic E-state index is 0.0479. The number of hydrogen-bond acceptors (Lipinski definition) is 4. The number of carbonyl (C=O) groups is 1. The molecule has 6 nitrogen and oxygen atoms in total. The van der Waals surface area contributed by atoms with Crippen molar-refractivity contribution in [2.75, 3.05) is 13.1 Å². The number of nitrogens with one attached hydrogen (secondary N) is 1. The molecule has 0 aliphatic carbocycles. The minimum Gasteiger partial charge on any atom is -0.322 e. The van der Waals surface area contributed by atoms with Gasteiger partial charge >= 0.3 is 0 Å². The van der Waals surface area contributed by atoms with Crippen LogP contribution in [0.2, 0.25) is 0 Å². The molecule has 0 aromatic heterocycles.